The zero-order valence-corrected chi connectivity index (χ0v) is 17.4. The first-order chi connectivity index (χ1) is 13.1. The predicted octanol–water partition coefficient (Wildman–Crippen LogP) is 3.32. The highest BCUT2D eigenvalue weighted by Crippen LogP contribution is 2.31. The second-order valence-electron chi connectivity index (χ2n) is 8.14. The SMILES string of the molecule is CCC(C)Oc1cc(C)ccc1CNC(=NC)NCC1CCN(C2CC2)C1. The molecule has 0 amide bonds. The van der Waals surface area contributed by atoms with Gasteiger partial charge < -0.3 is 20.3 Å². The van der Waals surface area contributed by atoms with Crippen LogP contribution in [0.3, 0.4) is 0 Å². The number of benzene rings is 1. The van der Waals surface area contributed by atoms with Gasteiger partial charge in [0.25, 0.3) is 0 Å². The first-order valence-electron chi connectivity index (χ1n) is 10.5. The van der Waals surface area contributed by atoms with Crippen LogP contribution in [0.25, 0.3) is 0 Å². The Morgan fingerprint density at radius 3 is 2.81 bits per heavy atom. The van der Waals surface area contributed by atoms with E-state index >= 15 is 0 Å². The number of hydrogen-bond acceptors (Lipinski definition) is 3. The normalized spacial score (nSPS) is 21.9. The number of rotatable bonds is 8. The number of likely N-dealkylation sites (tertiary alicyclic amines) is 1. The van der Waals surface area contributed by atoms with Crippen molar-refractivity contribution in [1.29, 1.82) is 0 Å². The third-order valence-electron chi connectivity index (χ3n) is 5.73. The van der Waals surface area contributed by atoms with Crippen LogP contribution in [0.2, 0.25) is 0 Å². The lowest BCUT2D eigenvalue weighted by Crippen LogP contribution is -2.40. The molecular formula is C22H36N4O. The summed E-state index contributed by atoms with van der Waals surface area (Å²) in [6.07, 6.45) is 5.33. The third kappa shape index (κ3) is 5.86. The lowest BCUT2D eigenvalue weighted by atomic mass is 10.1. The minimum Gasteiger partial charge on any atom is -0.490 e. The molecule has 5 heteroatoms. The van der Waals surface area contributed by atoms with Crippen LogP contribution >= 0.6 is 0 Å². The van der Waals surface area contributed by atoms with E-state index in [-0.39, 0.29) is 6.10 Å². The zero-order chi connectivity index (χ0) is 19.2. The molecule has 0 spiro atoms. The van der Waals surface area contributed by atoms with E-state index in [1.807, 2.05) is 7.05 Å². The number of hydrogen-bond donors (Lipinski definition) is 2. The summed E-state index contributed by atoms with van der Waals surface area (Å²) in [5.41, 5.74) is 2.39. The van der Waals surface area contributed by atoms with Gasteiger partial charge in [-0.1, -0.05) is 19.1 Å². The number of ether oxygens (including phenoxy) is 1. The Kier molecular flexibility index (Phi) is 7.00. The molecule has 3 rings (SSSR count). The highest BCUT2D eigenvalue weighted by molar-refractivity contribution is 5.79. The van der Waals surface area contributed by atoms with Gasteiger partial charge in [-0.2, -0.15) is 0 Å². The Balaban J connectivity index is 1.49. The molecule has 1 saturated carbocycles. The van der Waals surface area contributed by atoms with Crippen molar-refractivity contribution in [1.82, 2.24) is 15.5 Å². The summed E-state index contributed by atoms with van der Waals surface area (Å²) in [7, 11) is 1.84. The summed E-state index contributed by atoms with van der Waals surface area (Å²) in [6, 6.07) is 7.31. The molecule has 2 N–H and O–H groups in total. The van der Waals surface area contributed by atoms with E-state index in [1.54, 1.807) is 0 Å². The van der Waals surface area contributed by atoms with E-state index in [0.29, 0.717) is 6.54 Å². The standard InChI is InChI=1S/C22H36N4O/c1-5-17(3)27-21-12-16(2)6-7-19(21)14-25-22(23-4)24-13-18-10-11-26(15-18)20-8-9-20/h6-7,12,17-18,20H,5,8-11,13-15H2,1-4H3,(H2,23,24,25). The molecule has 0 radical (unpaired) electrons. The Morgan fingerprint density at radius 2 is 2.11 bits per heavy atom. The van der Waals surface area contributed by atoms with Crippen LogP contribution in [0.5, 0.6) is 5.75 Å². The second kappa shape index (κ2) is 9.45. The zero-order valence-electron chi connectivity index (χ0n) is 17.4. The lowest BCUT2D eigenvalue weighted by Gasteiger charge is -2.19. The fourth-order valence-corrected chi connectivity index (χ4v) is 3.66. The maximum absolute atomic E-state index is 6.12. The fourth-order valence-electron chi connectivity index (χ4n) is 3.66. The quantitative estimate of drug-likeness (QED) is 0.543. The van der Waals surface area contributed by atoms with Crippen LogP contribution in [-0.2, 0) is 6.54 Å². The molecule has 1 heterocycles. The topological polar surface area (TPSA) is 48.9 Å². The van der Waals surface area contributed by atoms with E-state index in [2.05, 4.69) is 59.5 Å². The van der Waals surface area contributed by atoms with Crippen molar-refractivity contribution < 1.29 is 4.74 Å². The molecule has 5 nitrogen and oxygen atoms in total. The van der Waals surface area contributed by atoms with E-state index in [9.17, 15) is 0 Å². The number of nitrogens with zero attached hydrogens (tertiary/aromatic N) is 2. The van der Waals surface area contributed by atoms with Gasteiger partial charge in [0.1, 0.15) is 5.75 Å². The van der Waals surface area contributed by atoms with Crippen molar-refractivity contribution in [2.24, 2.45) is 10.9 Å². The van der Waals surface area contributed by atoms with Crippen molar-refractivity contribution in [3.8, 4) is 5.75 Å². The third-order valence-corrected chi connectivity index (χ3v) is 5.73. The Morgan fingerprint density at radius 1 is 1.30 bits per heavy atom. The number of aliphatic imine (C=N–C) groups is 1. The Labute approximate surface area is 164 Å². The molecular weight excluding hydrogens is 336 g/mol. The largest absolute Gasteiger partial charge is 0.490 e. The lowest BCUT2D eigenvalue weighted by molar-refractivity contribution is 0.215. The van der Waals surface area contributed by atoms with Crippen molar-refractivity contribution in [3.05, 3.63) is 29.3 Å². The average Bonchev–Trinajstić information content (AvgIpc) is 3.41. The van der Waals surface area contributed by atoms with Crippen molar-refractivity contribution >= 4 is 5.96 Å². The van der Waals surface area contributed by atoms with Gasteiger partial charge in [-0.15, -0.1) is 0 Å². The summed E-state index contributed by atoms with van der Waals surface area (Å²) < 4.78 is 6.12. The first-order valence-corrected chi connectivity index (χ1v) is 10.5. The van der Waals surface area contributed by atoms with Gasteiger partial charge in [0, 0.05) is 38.3 Å². The molecule has 2 aliphatic rings. The molecule has 1 aromatic carbocycles. The summed E-state index contributed by atoms with van der Waals surface area (Å²) in [6.45, 7) is 10.6. The maximum atomic E-state index is 6.12. The molecule has 1 aliphatic heterocycles. The molecule has 1 aromatic rings. The smallest absolute Gasteiger partial charge is 0.191 e. The van der Waals surface area contributed by atoms with E-state index in [1.165, 1.54) is 43.5 Å². The van der Waals surface area contributed by atoms with Crippen LogP contribution in [0, 0.1) is 12.8 Å². The molecule has 2 fully saturated rings. The second-order valence-corrected chi connectivity index (χ2v) is 8.14. The van der Waals surface area contributed by atoms with Crippen LogP contribution < -0.4 is 15.4 Å². The van der Waals surface area contributed by atoms with E-state index < -0.39 is 0 Å². The average molecular weight is 373 g/mol. The van der Waals surface area contributed by atoms with Gasteiger partial charge in [0.05, 0.1) is 6.10 Å². The Hall–Kier alpha value is -1.75. The highest BCUT2D eigenvalue weighted by atomic mass is 16.5. The molecule has 2 atom stereocenters. The number of aryl methyl sites for hydroxylation is 1. The molecule has 27 heavy (non-hydrogen) atoms. The summed E-state index contributed by atoms with van der Waals surface area (Å²) in [5.74, 6) is 2.57. The molecule has 0 bridgehead atoms. The predicted molar refractivity (Wildman–Crippen MR) is 112 cm³/mol. The fraction of sp³-hybridized carbons (Fsp3) is 0.682. The van der Waals surface area contributed by atoms with Gasteiger partial charge in [-0.25, -0.2) is 0 Å². The van der Waals surface area contributed by atoms with Gasteiger partial charge >= 0.3 is 0 Å². The summed E-state index contributed by atoms with van der Waals surface area (Å²) in [4.78, 5) is 7.05. The molecule has 150 valence electrons. The Bertz CT molecular complexity index is 641. The molecule has 1 saturated heterocycles. The van der Waals surface area contributed by atoms with Crippen LogP contribution in [-0.4, -0.2) is 49.7 Å². The first kappa shape index (κ1) is 20.0. The maximum Gasteiger partial charge on any atom is 0.191 e. The van der Waals surface area contributed by atoms with Gasteiger partial charge in [-0.05, 0) is 63.6 Å². The van der Waals surface area contributed by atoms with Gasteiger partial charge in [0.15, 0.2) is 5.96 Å². The highest BCUT2D eigenvalue weighted by Gasteiger charge is 2.34. The van der Waals surface area contributed by atoms with Crippen LogP contribution in [0.4, 0.5) is 0 Å². The van der Waals surface area contributed by atoms with Gasteiger partial charge in [-0.3, -0.25) is 4.99 Å². The van der Waals surface area contributed by atoms with E-state index in [0.717, 1.165) is 36.6 Å². The number of guanidine groups is 1. The minimum atomic E-state index is 0.222. The number of nitrogens with one attached hydrogen (secondary N) is 2. The molecule has 2 unspecified atom stereocenters. The molecule has 1 aliphatic carbocycles. The summed E-state index contributed by atoms with van der Waals surface area (Å²) in [5, 5.41) is 6.97. The minimum absolute atomic E-state index is 0.222. The van der Waals surface area contributed by atoms with Crippen LogP contribution in [0.15, 0.2) is 23.2 Å². The van der Waals surface area contributed by atoms with Crippen molar-refractivity contribution in [2.75, 3.05) is 26.7 Å². The van der Waals surface area contributed by atoms with Crippen molar-refractivity contribution in [2.45, 2.75) is 65.1 Å². The van der Waals surface area contributed by atoms with Gasteiger partial charge in [0.2, 0.25) is 0 Å². The van der Waals surface area contributed by atoms with Crippen molar-refractivity contribution in [3.63, 3.8) is 0 Å². The summed E-state index contributed by atoms with van der Waals surface area (Å²) >= 11 is 0. The van der Waals surface area contributed by atoms with E-state index in [4.69, 9.17) is 4.74 Å². The monoisotopic (exact) mass is 372 g/mol. The molecule has 0 aromatic heterocycles. The van der Waals surface area contributed by atoms with Crippen LogP contribution in [0.1, 0.15) is 50.7 Å².